The first-order valence-electron chi connectivity index (χ1n) is 7.99. The normalized spacial score (nSPS) is 10.6. The zero-order valence-corrected chi connectivity index (χ0v) is 15.1. The second-order valence-electron chi connectivity index (χ2n) is 5.68. The minimum atomic E-state index is -1.74. The summed E-state index contributed by atoms with van der Waals surface area (Å²) in [5.74, 6) is -2.61. The molecule has 2 aromatic carbocycles. The van der Waals surface area contributed by atoms with Crippen LogP contribution in [0.15, 0.2) is 30.3 Å². The maximum absolute atomic E-state index is 14.1. The van der Waals surface area contributed by atoms with Gasteiger partial charge in [0.1, 0.15) is 17.4 Å². The Labute approximate surface area is 158 Å². The summed E-state index contributed by atoms with van der Waals surface area (Å²) in [4.78, 5) is 30.8. The van der Waals surface area contributed by atoms with Crippen LogP contribution >= 0.6 is 0 Å². The maximum Gasteiger partial charge on any atom is 0.377 e. The Bertz CT molecular complexity index is 1100. The zero-order chi connectivity index (χ0) is 20.4. The van der Waals surface area contributed by atoms with Crippen LogP contribution in [0.25, 0.3) is 10.9 Å². The number of carboxylic acids is 1. The fraction of sp³-hybridized carbons (Fsp3) is 0.158. The van der Waals surface area contributed by atoms with Gasteiger partial charge in [-0.1, -0.05) is 0 Å². The number of carbonyl (C=O) groups excluding carboxylic acids is 1. The van der Waals surface area contributed by atoms with E-state index in [1.54, 1.807) is 19.1 Å². The molecule has 3 aromatic rings. The number of hydrogen-bond donors (Lipinski definition) is 1. The third kappa shape index (κ3) is 3.54. The van der Waals surface area contributed by atoms with E-state index in [2.05, 4.69) is 9.97 Å². The number of methoxy groups -OCH3 is 2. The molecule has 0 fully saturated rings. The number of ether oxygens (including phenoxy) is 3. The highest BCUT2D eigenvalue weighted by atomic mass is 19.1. The number of nitrogens with zero attached hydrogens (tertiary/aromatic N) is 2. The first kappa shape index (κ1) is 19.0. The third-order valence-corrected chi connectivity index (χ3v) is 3.87. The highest BCUT2D eigenvalue weighted by Gasteiger charge is 2.20. The van der Waals surface area contributed by atoms with E-state index < -0.39 is 23.1 Å². The largest absolute Gasteiger partial charge is 0.493 e. The van der Waals surface area contributed by atoms with Crippen molar-refractivity contribution < 1.29 is 33.3 Å². The molecular weight excluding hydrogens is 371 g/mol. The predicted octanol–water partition coefficient (Wildman–Crippen LogP) is 3.15. The molecule has 9 heteroatoms. The van der Waals surface area contributed by atoms with Gasteiger partial charge in [0.15, 0.2) is 11.5 Å². The molecule has 0 spiro atoms. The van der Waals surface area contributed by atoms with Crippen LogP contribution in [0.5, 0.6) is 23.1 Å². The van der Waals surface area contributed by atoms with Gasteiger partial charge in [-0.05, 0) is 25.1 Å². The predicted molar refractivity (Wildman–Crippen MR) is 95.8 cm³/mol. The molecule has 28 heavy (non-hydrogen) atoms. The fourth-order valence-corrected chi connectivity index (χ4v) is 2.59. The van der Waals surface area contributed by atoms with Crippen LogP contribution in [-0.2, 0) is 4.79 Å². The molecule has 0 amide bonds. The Morgan fingerprint density at radius 2 is 1.71 bits per heavy atom. The minimum Gasteiger partial charge on any atom is -0.493 e. The van der Waals surface area contributed by atoms with E-state index in [1.165, 1.54) is 20.3 Å². The number of ketones is 1. The zero-order valence-electron chi connectivity index (χ0n) is 15.1. The van der Waals surface area contributed by atoms with E-state index in [4.69, 9.17) is 19.3 Å². The number of benzene rings is 2. The van der Waals surface area contributed by atoms with Gasteiger partial charge in [0.2, 0.25) is 5.88 Å². The molecule has 8 nitrogen and oxygen atoms in total. The van der Waals surface area contributed by atoms with E-state index in [9.17, 15) is 14.0 Å². The first-order valence-corrected chi connectivity index (χ1v) is 7.99. The lowest BCUT2D eigenvalue weighted by molar-refractivity contribution is -0.131. The second-order valence-corrected chi connectivity index (χ2v) is 5.68. The molecule has 0 saturated heterocycles. The molecule has 3 rings (SSSR count). The van der Waals surface area contributed by atoms with Crippen LogP contribution in [-0.4, -0.2) is 41.0 Å². The number of hydrogen-bond acceptors (Lipinski definition) is 7. The van der Waals surface area contributed by atoms with Gasteiger partial charge in [-0.3, -0.25) is 4.79 Å². The van der Waals surface area contributed by atoms with Crippen molar-refractivity contribution in [3.63, 3.8) is 0 Å². The summed E-state index contributed by atoms with van der Waals surface area (Å²) < 4.78 is 30.3. The van der Waals surface area contributed by atoms with Crippen LogP contribution in [0.1, 0.15) is 16.2 Å². The van der Waals surface area contributed by atoms with Crippen molar-refractivity contribution in [1.82, 2.24) is 9.97 Å². The minimum absolute atomic E-state index is 0.0358. The van der Waals surface area contributed by atoms with E-state index in [1.807, 2.05) is 0 Å². The number of aryl methyl sites for hydroxylation is 1. The summed E-state index contributed by atoms with van der Waals surface area (Å²) in [6.07, 6.45) is 0. The fourth-order valence-electron chi connectivity index (χ4n) is 2.59. The number of halogens is 1. The molecule has 0 saturated carbocycles. The van der Waals surface area contributed by atoms with Gasteiger partial charge in [0, 0.05) is 12.1 Å². The molecule has 0 radical (unpaired) electrons. The highest BCUT2D eigenvalue weighted by molar-refractivity contribution is 6.39. The third-order valence-electron chi connectivity index (χ3n) is 3.87. The average Bonchev–Trinajstić information content (AvgIpc) is 2.66. The molecule has 1 N–H and O–H groups in total. The van der Waals surface area contributed by atoms with Gasteiger partial charge < -0.3 is 19.3 Å². The molecule has 1 aromatic heterocycles. The van der Waals surface area contributed by atoms with Crippen LogP contribution in [0.4, 0.5) is 4.39 Å². The number of Topliss-reactive ketones (excluding diaryl/α,β-unsaturated/α-hetero) is 1. The SMILES string of the molecule is COc1cc2nc(C)nc(Oc3ccc(C(=O)C(=O)O)c(F)c3)c2cc1OC. The number of fused-ring (bicyclic) bond motifs is 1. The molecule has 0 bridgehead atoms. The van der Waals surface area contributed by atoms with E-state index in [0.29, 0.717) is 28.2 Å². The molecule has 1 heterocycles. The van der Waals surface area contributed by atoms with E-state index in [-0.39, 0.29) is 11.6 Å². The van der Waals surface area contributed by atoms with Crippen LogP contribution in [0.3, 0.4) is 0 Å². The first-order chi connectivity index (χ1) is 13.3. The second kappa shape index (κ2) is 7.47. The van der Waals surface area contributed by atoms with Gasteiger partial charge in [-0.25, -0.2) is 14.2 Å². The smallest absolute Gasteiger partial charge is 0.377 e. The van der Waals surface area contributed by atoms with Gasteiger partial charge in [0.25, 0.3) is 5.78 Å². The van der Waals surface area contributed by atoms with E-state index >= 15 is 0 Å². The number of rotatable bonds is 6. The lowest BCUT2D eigenvalue weighted by Crippen LogP contribution is -2.14. The quantitative estimate of drug-likeness (QED) is 0.508. The number of carboxylic acid groups (broad SMARTS) is 1. The van der Waals surface area contributed by atoms with Crippen LogP contribution in [0, 0.1) is 12.7 Å². The van der Waals surface area contributed by atoms with E-state index in [0.717, 1.165) is 12.1 Å². The molecule has 0 unspecified atom stereocenters. The van der Waals surface area contributed by atoms with Gasteiger partial charge in [0.05, 0.1) is 30.7 Å². The number of carbonyl (C=O) groups is 2. The van der Waals surface area contributed by atoms with Crippen molar-refractivity contribution in [2.45, 2.75) is 6.92 Å². The van der Waals surface area contributed by atoms with Gasteiger partial charge in [-0.15, -0.1) is 0 Å². The Morgan fingerprint density at radius 1 is 1.04 bits per heavy atom. The van der Waals surface area contributed by atoms with Crippen LogP contribution in [0.2, 0.25) is 0 Å². The maximum atomic E-state index is 14.1. The molecular formula is C19H15FN2O6. The van der Waals surface area contributed by atoms with Crippen molar-refractivity contribution in [1.29, 1.82) is 0 Å². The number of aromatic nitrogens is 2. The summed E-state index contributed by atoms with van der Waals surface area (Å²) in [5, 5.41) is 9.21. The Kier molecular flexibility index (Phi) is 5.08. The molecule has 0 aliphatic rings. The van der Waals surface area contributed by atoms with Crippen molar-refractivity contribution in [3.8, 4) is 23.1 Å². The average molecular weight is 386 g/mol. The topological polar surface area (TPSA) is 108 Å². The number of aliphatic carboxylic acids is 1. The summed E-state index contributed by atoms with van der Waals surface area (Å²) in [6.45, 7) is 1.66. The Morgan fingerprint density at radius 3 is 2.32 bits per heavy atom. The Balaban J connectivity index is 2.06. The van der Waals surface area contributed by atoms with Gasteiger partial charge in [-0.2, -0.15) is 4.98 Å². The lowest BCUT2D eigenvalue weighted by atomic mass is 10.1. The summed E-state index contributed by atoms with van der Waals surface area (Å²) in [6, 6.07) is 6.52. The summed E-state index contributed by atoms with van der Waals surface area (Å²) >= 11 is 0. The monoisotopic (exact) mass is 386 g/mol. The van der Waals surface area contributed by atoms with Crippen LogP contribution < -0.4 is 14.2 Å². The van der Waals surface area contributed by atoms with Crippen molar-refractivity contribution >= 4 is 22.7 Å². The lowest BCUT2D eigenvalue weighted by Gasteiger charge is -2.12. The van der Waals surface area contributed by atoms with Gasteiger partial charge >= 0.3 is 5.97 Å². The summed E-state index contributed by atoms with van der Waals surface area (Å²) in [5.41, 5.74) is -0.0340. The molecule has 144 valence electrons. The molecule has 0 aliphatic carbocycles. The Hall–Kier alpha value is -3.75. The molecule has 0 aliphatic heterocycles. The molecule has 0 atom stereocenters. The standard InChI is InChI=1S/C19H15FN2O6/c1-9-21-14-8-16(27-3)15(26-2)7-12(14)18(22-9)28-10-4-5-11(13(20)6-10)17(23)19(24)25/h4-8H,1-3H3,(H,24,25). The van der Waals surface area contributed by atoms with Crippen molar-refractivity contribution in [2.24, 2.45) is 0 Å². The van der Waals surface area contributed by atoms with Crippen molar-refractivity contribution in [3.05, 3.63) is 47.5 Å². The van der Waals surface area contributed by atoms with Crippen molar-refractivity contribution in [2.75, 3.05) is 14.2 Å². The highest BCUT2D eigenvalue weighted by Crippen LogP contribution is 2.36. The summed E-state index contributed by atoms with van der Waals surface area (Å²) in [7, 11) is 2.98.